The van der Waals surface area contributed by atoms with E-state index in [4.69, 9.17) is 9.47 Å². The Morgan fingerprint density at radius 3 is 1.57 bits per heavy atom. The van der Waals surface area contributed by atoms with E-state index >= 15 is 0 Å². The molecule has 0 fully saturated rings. The molecule has 1 atom stereocenters. The van der Waals surface area contributed by atoms with Gasteiger partial charge in [0.05, 0.1) is 13.2 Å². The van der Waals surface area contributed by atoms with E-state index in [0.29, 0.717) is 13.0 Å². The lowest BCUT2D eigenvalue weighted by atomic mass is 10.1. The predicted octanol–water partition coefficient (Wildman–Crippen LogP) is 11.1. The molecule has 0 aliphatic heterocycles. The van der Waals surface area contributed by atoms with Crippen LogP contribution in [0.5, 0.6) is 0 Å². The van der Waals surface area contributed by atoms with Crippen LogP contribution in [-0.4, -0.2) is 37.0 Å². The number of carbonyl (C=O) groups excluding carboxylic acids is 1. The van der Waals surface area contributed by atoms with Gasteiger partial charge in [-0.1, -0.05) is 133 Å². The Hall–Kier alpha value is -1.65. The van der Waals surface area contributed by atoms with Crippen molar-refractivity contribution in [3.8, 4) is 0 Å². The number of unbranched alkanes of at least 4 members (excludes halogenated alkanes) is 16. The molecule has 0 amide bonds. The second kappa shape index (κ2) is 35.5. The molecule has 0 aromatic carbocycles. The number of rotatable bonds is 32. The molecule has 244 valence electrons. The Bertz CT molecular complexity index is 664. The lowest BCUT2D eigenvalue weighted by Gasteiger charge is -2.15. The number of carbonyl (C=O) groups is 1. The zero-order chi connectivity index (χ0) is 30.6. The normalized spacial score (nSPS) is 12.9. The van der Waals surface area contributed by atoms with E-state index in [9.17, 15) is 9.90 Å². The van der Waals surface area contributed by atoms with E-state index in [0.717, 1.165) is 51.4 Å². The summed E-state index contributed by atoms with van der Waals surface area (Å²) in [5.41, 5.74) is 0. The molecular weight excluding hydrogens is 520 g/mol. The molecule has 4 nitrogen and oxygen atoms in total. The number of ether oxygens (including phenoxy) is 2. The summed E-state index contributed by atoms with van der Waals surface area (Å²) >= 11 is 0. The lowest BCUT2D eigenvalue weighted by molar-refractivity contribution is -0.154. The zero-order valence-electron chi connectivity index (χ0n) is 27.8. The molecule has 0 aromatic heterocycles. The molecule has 0 rings (SSSR count). The summed E-state index contributed by atoms with van der Waals surface area (Å²) in [4.78, 5) is 12.1. The average molecular weight is 589 g/mol. The molecule has 0 aromatic rings. The summed E-state index contributed by atoms with van der Waals surface area (Å²) in [7, 11) is 0. The van der Waals surface area contributed by atoms with Crippen LogP contribution in [0, 0.1) is 0 Å². The van der Waals surface area contributed by atoms with Crippen LogP contribution in [0.4, 0.5) is 0 Å². The molecule has 1 unspecified atom stereocenters. The van der Waals surface area contributed by atoms with Crippen LogP contribution in [0.15, 0.2) is 48.6 Å². The largest absolute Gasteiger partial charge is 0.457 e. The van der Waals surface area contributed by atoms with Crippen molar-refractivity contribution in [2.45, 2.75) is 168 Å². The van der Waals surface area contributed by atoms with Crippen LogP contribution in [0.25, 0.3) is 0 Å². The number of hydrogen-bond donors (Lipinski definition) is 1. The molecule has 0 saturated heterocycles. The number of allylic oxidation sites excluding steroid dienone is 8. The second-order valence-electron chi connectivity index (χ2n) is 11.6. The molecule has 0 spiro atoms. The molecule has 42 heavy (non-hydrogen) atoms. The molecule has 0 saturated carbocycles. The van der Waals surface area contributed by atoms with Crippen LogP contribution in [0.1, 0.15) is 162 Å². The van der Waals surface area contributed by atoms with Gasteiger partial charge < -0.3 is 14.6 Å². The minimum Gasteiger partial charge on any atom is -0.457 e. The molecule has 0 bridgehead atoms. The number of esters is 1. The van der Waals surface area contributed by atoms with Crippen molar-refractivity contribution in [1.82, 2.24) is 0 Å². The molecule has 0 aliphatic rings. The van der Waals surface area contributed by atoms with Crippen LogP contribution in [0.2, 0.25) is 0 Å². The fourth-order valence-corrected chi connectivity index (χ4v) is 4.69. The average Bonchev–Trinajstić information content (AvgIpc) is 3.00. The van der Waals surface area contributed by atoms with Gasteiger partial charge in [0.15, 0.2) is 0 Å². The summed E-state index contributed by atoms with van der Waals surface area (Å²) in [6.07, 6.45) is 44.3. The van der Waals surface area contributed by atoms with Crippen molar-refractivity contribution in [3.05, 3.63) is 48.6 Å². The summed E-state index contributed by atoms with van der Waals surface area (Å²) in [6.45, 7) is 5.22. The van der Waals surface area contributed by atoms with Gasteiger partial charge in [-0.15, -0.1) is 0 Å². The second-order valence-corrected chi connectivity index (χ2v) is 11.6. The van der Waals surface area contributed by atoms with E-state index in [1.165, 1.54) is 89.9 Å². The van der Waals surface area contributed by atoms with Crippen molar-refractivity contribution in [3.63, 3.8) is 0 Å². The van der Waals surface area contributed by atoms with Gasteiger partial charge in [0.1, 0.15) is 6.10 Å². The van der Waals surface area contributed by atoms with Crippen LogP contribution >= 0.6 is 0 Å². The van der Waals surface area contributed by atoms with Crippen molar-refractivity contribution in [1.29, 1.82) is 0 Å². The summed E-state index contributed by atoms with van der Waals surface area (Å²) in [5, 5.41) is 9.54. The van der Waals surface area contributed by atoms with E-state index in [2.05, 4.69) is 62.5 Å². The Morgan fingerprint density at radius 2 is 1.05 bits per heavy atom. The fourth-order valence-electron chi connectivity index (χ4n) is 4.69. The van der Waals surface area contributed by atoms with Crippen molar-refractivity contribution < 1.29 is 19.4 Å². The number of aliphatic hydroxyl groups is 1. The molecular formula is C38H68O4. The highest BCUT2D eigenvalue weighted by atomic mass is 16.6. The van der Waals surface area contributed by atoms with E-state index in [1.807, 2.05) is 0 Å². The Labute approximate surface area is 261 Å². The smallest absolute Gasteiger partial charge is 0.306 e. The third-order valence-corrected chi connectivity index (χ3v) is 7.36. The molecule has 0 aliphatic carbocycles. The van der Waals surface area contributed by atoms with Crippen LogP contribution in [0.3, 0.4) is 0 Å². The van der Waals surface area contributed by atoms with E-state index in [1.54, 1.807) is 0 Å². The fraction of sp³-hybridized carbons (Fsp3) is 0.763. The van der Waals surface area contributed by atoms with Gasteiger partial charge in [-0.2, -0.15) is 0 Å². The molecule has 4 heteroatoms. The van der Waals surface area contributed by atoms with Crippen LogP contribution in [-0.2, 0) is 14.3 Å². The van der Waals surface area contributed by atoms with Gasteiger partial charge in [-0.3, -0.25) is 4.79 Å². The van der Waals surface area contributed by atoms with Gasteiger partial charge >= 0.3 is 5.97 Å². The standard InChI is InChI=1S/C38H68O4/c1-3-5-7-9-11-13-15-17-18-19-20-22-24-26-28-30-32-34-41-36-37(35-39)42-38(40)33-31-29-27-25-23-21-16-14-12-10-8-6-4-2/h8,10,13-16,18-19,37,39H,3-7,9,11-12,17,20-36H2,1-2H3/b10-8-,15-13-,16-14-,19-18-. The van der Waals surface area contributed by atoms with Gasteiger partial charge in [0, 0.05) is 13.0 Å². The van der Waals surface area contributed by atoms with Gasteiger partial charge in [-0.05, 0) is 70.6 Å². The zero-order valence-corrected chi connectivity index (χ0v) is 27.8. The molecule has 0 radical (unpaired) electrons. The summed E-state index contributed by atoms with van der Waals surface area (Å²) < 4.78 is 11.1. The van der Waals surface area contributed by atoms with Crippen molar-refractivity contribution in [2.75, 3.05) is 19.8 Å². The first-order chi connectivity index (χ1) is 20.7. The maximum Gasteiger partial charge on any atom is 0.306 e. The van der Waals surface area contributed by atoms with Crippen molar-refractivity contribution in [2.24, 2.45) is 0 Å². The van der Waals surface area contributed by atoms with Crippen molar-refractivity contribution >= 4 is 5.97 Å². The number of hydrogen-bond acceptors (Lipinski definition) is 4. The topological polar surface area (TPSA) is 55.8 Å². The lowest BCUT2D eigenvalue weighted by Crippen LogP contribution is -2.27. The minimum absolute atomic E-state index is 0.183. The Kier molecular flexibility index (Phi) is 34.1. The highest BCUT2D eigenvalue weighted by Crippen LogP contribution is 2.11. The Morgan fingerprint density at radius 1 is 0.571 bits per heavy atom. The molecule has 0 heterocycles. The quantitative estimate of drug-likeness (QED) is 0.0482. The number of aliphatic hydroxyl groups excluding tert-OH is 1. The third kappa shape index (κ3) is 32.9. The van der Waals surface area contributed by atoms with Gasteiger partial charge in [-0.25, -0.2) is 0 Å². The van der Waals surface area contributed by atoms with E-state index in [-0.39, 0.29) is 19.2 Å². The summed E-state index contributed by atoms with van der Waals surface area (Å²) in [6, 6.07) is 0. The highest BCUT2D eigenvalue weighted by molar-refractivity contribution is 5.69. The first kappa shape index (κ1) is 40.4. The van der Waals surface area contributed by atoms with Crippen LogP contribution < -0.4 is 0 Å². The Balaban J connectivity index is 3.50. The van der Waals surface area contributed by atoms with E-state index < -0.39 is 6.10 Å². The predicted molar refractivity (Wildman–Crippen MR) is 182 cm³/mol. The highest BCUT2D eigenvalue weighted by Gasteiger charge is 2.13. The van der Waals surface area contributed by atoms with Gasteiger partial charge in [0.25, 0.3) is 0 Å². The SMILES string of the molecule is CCC/C=C\C/C=C\CCCCCCCC(=O)OC(CO)COCCCCCCCC/C=C\C/C=C\CCCCCC. The first-order valence-electron chi connectivity index (χ1n) is 17.7. The maximum atomic E-state index is 12.1. The van der Waals surface area contributed by atoms with Gasteiger partial charge in [0.2, 0.25) is 0 Å². The maximum absolute atomic E-state index is 12.1. The minimum atomic E-state index is -0.546. The monoisotopic (exact) mass is 589 g/mol. The first-order valence-corrected chi connectivity index (χ1v) is 17.7. The third-order valence-electron chi connectivity index (χ3n) is 7.36. The summed E-state index contributed by atoms with van der Waals surface area (Å²) in [5.74, 6) is -0.221. The molecule has 1 N–H and O–H groups in total.